The van der Waals surface area contributed by atoms with Crippen LogP contribution in [-0.2, 0) is 37.3 Å². The molecule has 198 valence electrons. The van der Waals surface area contributed by atoms with E-state index in [1.807, 2.05) is 0 Å². The molecule has 0 N–H and O–H groups in total. The molecule has 0 saturated carbocycles. The van der Waals surface area contributed by atoms with Crippen molar-refractivity contribution in [3.63, 3.8) is 0 Å². The number of hydrogen-bond acceptors (Lipinski definition) is 3. The molecule has 0 radical (unpaired) electrons. The van der Waals surface area contributed by atoms with E-state index in [0.29, 0.717) is 12.6 Å². The molecule has 1 aliphatic heterocycles. The van der Waals surface area contributed by atoms with Gasteiger partial charge in [0.05, 0.1) is 17.1 Å². The summed E-state index contributed by atoms with van der Waals surface area (Å²) < 4.78 is 9.00. The Hall–Kier alpha value is -3.73. The third-order valence-corrected chi connectivity index (χ3v) is 7.98. The maximum absolute atomic E-state index is 6.65. The van der Waals surface area contributed by atoms with Gasteiger partial charge in [0.15, 0.2) is 0 Å². The van der Waals surface area contributed by atoms with Crippen molar-refractivity contribution < 1.29 is 4.74 Å². The average Bonchev–Trinajstić information content (AvgIpc) is 3.35. The maximum atomic E-state index is 6.65. The van der Waals surface area contributed by atoms with Crippen molar-refractivity contribution in [2.45, 2.75) is 57.5 Å². The number of likely N-dealkylation sites (tertiary alicyclic amines) is 1. The Balaban J connectivity index is 1.16. The molecule has 2 atom stereocenters. The molecule has 4 nitrogen and oxygen atoms in total. The molecule has 1 fully saturated rings. The fourth-order valence-corrected chi connectivity index (χ4v) is 5.90. The maximum Gasteiger partial charge on any atom is 0.136 e. The Morgan fingerprint density at radius 1 is 0.718 bits per heavy atom. The second-order valence-corrected chi connectivity index (χ2v) is 10.7. The molecule has 39 heavy (non-hydrogen) atoms. The fraction of sp³-hybridized carbons (Fsp3) is 0.286. The molecule has 2 heterocycles. The van der Waals surface area contributed by atoms with Crippen LogP contribution in [0.25, 0.3) is 11.0 Å². The number of hydrogen-bond donors (Lipinski definition) is 0. The summed E-state index contributed by atoms with van der Waals surface area (Å²) in [4.78, 5) is 7.64. The minimum atomic E-state index is 0.230. The Morgan fingerprint density at radius 3 is 2.10 bits per heavy atom. The van der Waals surface area contributed by atoms with Gasteiger partial charge >= 0.3 is 0 Å². The van der Waals surface area contributed by atoms with Gasteiger partial charge in [0.2, 0.25) is 0 Å². The summed E-state index contributed by atoms with van der Waals surface area (Å²) in [5, 5.41) is 0. The van der Waals surface area contributed by atoms with Crippen molar-refractivity contribution in [2.75, 3.05) is 6.54 Å². The van der Waals surface area contributed by atoms with Gasteiger partial charge in [-0.25, -0.2) is 4.98 Å². The molecule has 1 aliphatic rings. The zero-order valence-corrected chi connectivity index (χ0v) is 22.5. The third kappa shape index (κ3) is 6.47. The predicted molar refractivity (Wildman–Crippen MR) is 158 cm³/mol. The average molecular weight is 516 g/mol. The fourth-order valence-electron chi connectivity index (χ4n) is 5.90. The lowest BCUT2D eigenvalue weighted by atomic mass is 9.93. The predicted octanol–water partition coefficient (Wildman–Crippen LogP) is 7.07. The normalized spacial score (nSPS) is 17.9. The topological polar surface area (TPSA) is 30.3 Å². The van der Waals surface area contributed by atoms with E-state index in [0.717, 1.165) is 56.7 Å². The Kier molecular flexibility index (Phi) is 8.13. The summed E-state index contributed by atoms with van der Waals surface area (Å²) in [7, 11) is 0. The summed E-state index contributed by atoms with van der Waals surface area (Å²) in [6, 6.07) is 41.3. The summed E-state index contributed by atoms with van der Waals surface area (Å²) in [6.45, 7) is 3.47. The minimum Gasteiger partial charge on any atom is -0.370 e. The number of aryl methyl sites for hydroxylation is 2. The Morgan fingerprint density at radius 2 is 1.36 bits per heavy atom. The Bertz CT molecular complexity index is 1450. The van der Waals surface area contributed by atoms with E-state index in [4.69, 9.17) is 9.72 Å². The van der Waals surface area contributed by atoms with Crippen molar-refractivity contribution in [2.24, 2.45) is 0 Å². The Labute approximate surface area is 231 Å². The van der Waals surface area contributed by atoms with E-state index in [9.17, 15) is 0 Å². The molecule has 5 aromatic rings. The first-order valence-electron chi connectivity index (χ1n) is 14.2. The molecule has 0 spiro atoms. The molecule has 4 aromatic carbocycles. The van der Waals surface area contributed by atoms with Crippen LogP contribution in [0.3, 0.4) is 0 Å². The number of fused-ring (bicyclic) bond motifs is 1. The molecule has 2 unspecified atom stereocenters. The molecular formula is C35H37N3O. The van der Waals surface area contributed by atoms with E-state index >= 15 is 0 Å². The smallest absolute Gasteiger partial charge is 0.136 e. The van der Waals surface area contributed by atoms with Gasteiger partial charge in [-0.3, -0.25) is 4.90 Å². The van der Waals surface area contributed by atoms with Crippen LogP contribution in [0, 0.1) is 0 Å². The highest BCUT2D eigenvalue weighted by atomic mass is 16.5. The number of benzene rings is 4. The van der Waals surface area contributed by atoms with Crippen molar-refractivity contribution in [3.8, 4) is 0 Å². The van der Waals surface area contributed by atoms with Gasteiger partial charge in [0.25, 0.3) is 0 Å². The van der Waals surface area contributed by atoms with Crippen LogP contribution in [-0.4, -0.2) is 33.1 Å². The van der Waals surface area contributed by atoms with Crippen LogP contribution in [0.4, 0.5) is 0 Å². The van der Waals surface area contributed by atoms with E-state index in [1.54, 1.807) is 0 Å². The van der Waals surface area contributed by atoms with Gasteiger partial charge in [0, 0.05) is 25.7 Å². The van der Waals surface area contributed by atoms with Gasteiger partial charge in [-0.2, -0.15) is 0 Å². The second-order valence-electron chi connectivity index (χ2n) is 10.7. The zero-order chi connectivity index (χ0) is 26.3. The van der Waals surface area contributed by atoms with Crippen LogP contribution in [0.15, 0.2) is 115 Å². The molecular weight excluding hydrogens is 478 g/mol. The summed E-state index contributed by atoms with van der Waals surface area (Å²) in [5.74, 6) is 1.03. The van der Waals surface area contributed by atoms with Crippen molar-refractivity contribution >= 4 is 11.0 Å². The molecule has 4 heteroatoms. The highest BCUT2D eigenvalue weighted by Gasteiger charge is 2.29. The number of imidazole rings is 1. The standard InChI is InChI=1S/C35H37N3O/c1-4-12-28(13-5-1)20-23-38-34-19-11-10-18-33(34)36-35(38)27-39-32-21-22-37(26-30-16-8-3-9-17-30)31(25-32)24-29-14-6-2-7-15-29/h1-19,31-32H,20-27H2. The quantitative estimate of drug-likeness (QED) is 0.199. The number of para-hydroxylation sites is 2. The number of piperidine rings is 1. The summed E-state index contributed by atoms with van der Waals surface area (Å²) in [5.41, 5.74) is 6.35. The lowest BCUT2D eigenvalue weighted by Crippen LogP contribution is -2.45. The van der Waals surface area contributed by atoms with Crippen LogP contribution in [0.5, 0.6) is 0 Å². The van der Waals surface area contributed by atoms with E-state index in [-0.39, 0.29) is 6.10 Å². The van der Waals surface area contributed by atoms with Gasteiger partial charge in [0.1, 0.15) is 12.4 Å². The van der Waals surface area contributed by atoms with Crippen molar-refractivity contribution in [1.82, 2.24) is 14.5 Å². The van der Waals surface area contributed by atoms with E-state index in [1.165, 1.54) is 22.2 Å². The van der Waals surface area contributed by atoms with Crippen LogP contribution in [0.2, 0.25) is 0 Å². The van der Waals surface area contributed by atoms with Crippen LogP contribution < -0.4 is 0 Å². The molecule has 1 aromatic heterocycles. The molecule has 0 aliphatic carbocycles. The SMILES string of the molecule is c1ccc(CCn2c(COC3CCN(Cc4ccccc4)C(Cc4ccccc4)C3)nc3ccccc32)cc1. The van der Waals surface area contributed by atoms with Crippen LogP contribution in [0.1, 0.15) is 35.4 Å². The third-order valence-electron chi connectivity index (χ3n) is 7.98. The molecule has 6 rings (SSSR count). The van der Waals surface area contributed by atoms with Gasteiger partial charge in [-0.05, 0) is 54.5 Å². The van der Waals surface area contributed by atoms with Crippen LogP contribution >= 0.6 is 0 Å². The number of rotatable bonds is 10. The second kappa shape index (κ2) is 12.4. The highest BCUT2D eigenvalue weighted by molar-refractivity contribution is 5.75. The van der Waals surface area contributed by atoms with Crippen molar-refractivity contribution in [3.05, 3.63) is 138 Å². The number of nitrogens with zero attached hydrogens (tertiary/aromatic N) is 3. The molecule has 0 bridgehead atoms. The first-order chi connectivity index (χ1) is 19.3. The largest absolute Gasteiger partial charge is 0.370 e. The van der Waals surface area contributed by atoms with Gasteiger partial charge in [-0.15, -0.1) is 0 Å². The van der Waals surface area contributed by atoms with E-state index < -0.39 is 0 Å². The first kappa shape index (κ1) is 25.5. The number of aromatic nitrogens is 2. The number of ether oxygens (including phenoxy) is 1. The monoisotopic (exact) mass is 515 g/mol. The first-order valence-corrected chi connectivity index (χ1v) is 14.2. The lowest BCUT2D eigenvalue weighted by molar-refractivity contribution is -0.0291. The highest BCUT2D eigenvalue weighted by Crippen LogP contribution is 2.26. The van der Waals surface area contributed by atoms with E-state index in [2.05, 4.69) is 125 Å². The molecule has 1 saturated heterocycles. The van der Waals surface area contributed by atoms with Crippen molar-refractivity contribution in [1.29, 1.82) is 0 Å². The van der Waals surface area contributed by atoms with Gasteiger partial charge < -0.3 is 9.30 Å². The van der Waals surface area contributed by atoms with Gasteiger partial charge in [-0.1, -0.05) is 103 Å². The minimum absolute atomic E-state index is 0.230. The summed E-state index contributed by atoms with van der Waals surface area (Å²) >= 11 is 0. The lowest BCUT2D eigenvalue weighted by Gasteiger charge is -2.39. The summed E-state index contributed by atoms with van der Waals surface area (Å²) in [6.07, 6.45) is 4.33. The molecule has 0 amide bonds. The zero-order valence-electron chi connectivity index (χ0n) is 22.5.